The minimum atomic E-state index is 0.360. The maximum absolute atomic E-state index is 9.18. The van der Waals surface area contributed by atoms with E-state index in [2.05, 4.69) is 4.74 Å². The van der Waals surface area contributed by atoms with Gasteiger partial charge < -0.3 is 14.2 Å². The van der Waals surface area contributed by atoms with Crippen molar-refractivity contribution < 1.29 is 19.0 Å². The van der Waals surface area contributed by atoms with Gasteiger partial charge >= 0.3 is 0 Å². The van der Waals surface area contributed by atoms with Crippen LogP contribution in [0.25, 0.3) is 0 Å². The summed E-state index contributed by atoms with van der Waals surface area (Å²) < 4.78 is 14.3. The Hall–Kier alpha value is -1.71. The number of benzene rings is 1. The number of hydrogen-bond acceptors (Lipinski definition) is 4. The third-order valence-electron chi connectivity index (χ3n) is 1.51. The summed E-state index contributed by atoms with van der Waals surface area (Å²) in [5, 5.41) is 0. The first-order valence-corrected chi connectivity index (χ1v) is 4.28. The van der Waals surface area contributed by atoms with Crippen LogP contribution in [0.1, 0.15) is 6.92 Å². The van der Waals surface area contributed by atoms with Gasteiger partial charge in [0.15, 0.2) is 11.5 Å². The average Bonchev–Trinajstić information content (AvgIpc) is 2.67. The first kappa shape index (κ1) is 10.4. The molecule has 76 valence electrons. The van der Waals surface area contributed by atoms with Crippen molar-refractivity contribution in [3.63, 3.8) is 0 Å². The predicted molar refractivity (Wildman–Crippen MR) is 50.3 cm³/mol. The minimum Gasteiger partial charge on any atom is -0.468 e. The van der Waals surface area contributed by atoms with Gasteiger partial charge in [0, 0.05) is 0 Å². The van der Waals surface area contributed by atoms with Gasteiger partial charge in [-0.15, -0.1) is 0 Å². The fourth-order valence-corrected chi connectivity index (χ4v) is 0.913. The molecule has 2 rings (SSSR count). The summed E-state index contributed by atoms with van der Waals surface area (Å²) in [5.74, 6) is 1.69. The van der Waals surface area contributed by atoms with E-state index in [0.717, 1.165) is 11.5 Å². The third kappa shape index (κ3) is 2.97. The normalized spacial score (nSPS) is 11.2. The van der Waals surface area contributed by atoms with Crippen molar-refractivity contribution >= 4 is 6.47 Å². The fraction of sp³-hybridized carbons (Fsp3) is 0.300. The van der Waals surface area contributed by atoms with E-state index >= 15 is 0 Å². The van der Waals surface area contributed by atoms with Crippen molar-refractivity contribution in [1.82, 2.24) is 0 Å². The molecule has 1 aromatic rings. The molecule has 0 fully saturated rings. The fourth-order valence-electron chi connectivity index (χ4n) is 0.913. The largest absolute Gasteiger partial charge is 0.468 e. The van der Waals surface area contributed by atoms with Crippen LogP contribution in [0.15, 0.2) is 24.3 Å². The Morgan fingerprint density at radius 1 is 1.36 bits per heavy atom. The molecule has 0 N–H and O–H groups in total. The topological polar surface area (TPSA) is 44.8 Å². The van der Waals surface area contributed by atoms with E-state index in [1.54, 1.807) is 6.92 Å². The van der Waals surface area contributed by atoms with Gasteiger partial charge in [-0.2, -0.15) is 0 Å². The quantitative estimate of drug-likeness (QED) is 0.674. The lowest BCUT2D eigenvalue weighted by atomic mass is 10.3. The molecule has 0 saturated heterocycles. The van der Waals surface area contributed by atoms with Crippen molar-refractivity contribution in [3.8, 4) is 11.5 Å². The highest BCUT2D eigenvalue weighted by Crippen LogP contribution is 2.30. The molecule has 0 unspecified atom stereocenters. The molecule has 0 aromatic heterocycles. The highest BCUT2D eigenvalue weighted by atomic mass is 16.7. The SMILES string of the molecule is CCOC=O.c1ccc2c(c1)OCO2. The summed E-state index contributed by atoms with van der Waals surface area (Å²) in [4.78, 5) is 9.18. The van der Waals surface area contributed by atoms with E-state index < -0.39 is 0 Å². The Labute approximate surface area is 82.4 Å². The molecule has 0 radical (unpaired) electrons. The van der Waals surface area contributed by atoms with Gasteiger partial charge in [0.05, 0.1) is 6.61 Å². The van der Waals surface area contributed by atoms with E-state index in [1.807, 2.05) is 24.3 Å². The Morgan fingerprint density at radius 2 is 1.93 bits per heavy atom. The van der Waals surface area contributed by atoms with Gasteiger partial charge in [-0.3, -0.25) is 4.79 Å². The average molecular weight is 196 g/mol. The molecule has 0 atom stereocenters. The van der Waals surface area contributed by atoms with Crippen LogP contribution >= 0.6 is 0 Å². The van der Waals surface area contributed by atoms with Gasteiger partial charge in [0.2, 0.25) is 6.79 Å². The second-order valence-electron chi connectivity index (χ2n) is 2.40. The van der Waals surface area contributed by atoms with Crippen LogP contribution in [0, 0.1) is 0 Å². The predicted octanol–water partition coefficient (Wildman–Crippen LogP) is 1.59. The molecule has 1 aliphatic heterocycles. The molecule has 1 aromatic carbocycles. The minimum absolute atomic E-state index is 0.360. The van der Waals surface area contributed by atoms with Crippen molar-refractivity contribution in [1.29, 1.82) is 0 Å². The van der Waals surface area contributed by atoms with Crippen LogP contribution in [-0.4, -0.2) is 19.9 Å². The van der Waals surface area contributed by atoms with E-state index in [0.29, 0.717) is 19.9 Å². The molecule has 1 aliphatic rings. The zero-order valence-electron chi connectivity index (χ0n) is 7.93. The van der Waals surface area contributed by atoms with Crippen molar-refractivity contribution in [2.75, 3.05) is 13.4 Å². The molecular formula is C10H12O4. The van der Waals surface area contributed by atoms with Gasteiger partial charge in [-0.05, 0) is 19.1 Å². The van der Waals surface area contributed by atoms with Crippen LogP contribution in [0.2, 0.25) is 0 Å². The first-order chi connectivity index (χ1) is 6.88. The number of rotatable bonds is 2. The number of carbonyl (C=O) groups excluding carboxylic acids is 1. The summed E-state index contributed by atoms with van der Waals surface area (Å²) in [6.45, 7) is 3.03. The molecular weight excluding hydrogens is 184 g/mol. The van der Waals surface area contributed by atoms with E-state index in [1.165, 1.54) is 0 Å². The molecule has 0 bridgehead atoms. The number of ether oxygens (including phenoxy) is 3. The molecule has 0 spiro atoms. The summed E-state index contributed by atoms with van der Waals surface area (Å²) in [7, 11) is 0. The lowest BCUT2D eigenvalue weighted by Crippen LogP contribution is -1.92. The Kier molecular flexibility index (Phi) is 4.34. The number of fused-ring (bicyclic) bond motifs is 1. The maximum atomic E-state index is 9.18. The summed E-state index contributed by atoms with van der Waals surface area (Å²) in [6.07, 6.45) is 0. The zero-order chi connectivity index (χ0) is 10.2. The second kappa shape index (κ2) is 5.85. The van der Waals surface area contributed by atoms with Gasteiger partial charge in [-0.1, -0.05) is 12.1 Å². The lowest BCUT2D eigenvalue weighted by molar-refractivity contribution is -0.128. The molecule has 0 aliphatic carbocycles. The lowest BCUT2D eigenvalue weighted by Gasteiger charge is -1.89. The maximum Gasteiger partial charge on any atom is 0.293 e. The first-order valence-electron chi connectivity index (χ1n) is 4.28. The molecule has 4 heteroatoms. The molecule has 0 amide bonds. The highest BCUT2D eigenvalue weighted by molar-refractivity contribution is 5.40. The standard InChI is InChI=1S/C7H6O2.C3H6O2/c1-2-4-7-6(3-1)8-5-9-7;1-2-5-3-4/h1-4H,5H2;3H,2H2,1H3. The van der Waals surface area contributed by atoms with Gasteiger partial charge in [-0.25, -0.2) is 0 Å². The Morgan fingerprint density at radius 3 is 2.29 bits per heavy atom. The molecule has 4 nitrogen and oxygen atoms in total. The number of hydrogen-bond donors (Lipinski definition) is 0. The van der Waals surface area contributed by atoms with Crippen LogP contribution in [0.4, 0.5) is 0 Å². The summed E-state index contributed by atoms with van der Waals surface area (Å²) >= 11 is 0. The van der Waals surface area contributed by atoms with Crippen molar-refractivity contribution in [2.24, 2.45) is 0 Å². The summed E-state index contributed by atoms with van der Waals surface area (Å²) in [6, 6.07) is 7.63. The van der Waals surface area contributed by atoms with E-state index in [9.17, 15) is 4.79 Å². The van der Waals surface area contributed by atoms with Crippen LogP contribution < -0.4 is 9.47 Å². The van der Waals surface area contributed by atoms with Gasteiger partial charge in [0.25, 0.3) is 6.47 Å². The smallest absolute Gasteiger partial charge is 0.293 e. The zero-order valence-corrected chi connectivity index (χ0v) is 7.93. The summed E-state index contributed by atoms with van der Waals surface area (Å²) in [5.41, 5.74) is 0. The number of carbonyl (C=O) groups is 1. The van der Waals surface area contributed by atoms with Crippen LogP contribution in [0.3, 0.4) is 0 Å². The monoisotopic (exact) mass is 196 g/mol. The van der Waals surface area contributed by atoms with Crippen molar-refractivity contribution in [2.45, 2.75) is 6.92 Å². The van der Waals surface area contributed by atoms with E-state index in [-0.39, 0.29) is 0 Å². The van der Waals surface area contributed by atoms with Crippen LogP contribution in [-0.2, 0) is 9.53 Å². The third-order valence-corrected chi connectivity index (χ3v) is 1.51. The Balaban J connectivity index is 0.000000171. The number of para-hydroxylation sites is 2. The van der Waals surface area contributed by atoms with Gasteiger partial charge in [0.1, 0.15) is 0 Å². The van der Waals surface area contributed by atoms with Crippen molar-refractivity contribution in [3.05, 3.63) is 24.3 Å². The molecule has 1 heterocycles. The van der Waals surface area contributed by atoms with E-state index in [4.69, 9.17) is 9.47 Å². The molecule has 0 saturated carbocycles. The molecule has 14 heavy (non-hydrogen) atoms. The van der Waals surface area contributed by atoms with Crippen LogP contribution in [0.5, 0.6) is 11.5 Å². The Bertz CT molecular complexity index is 262. The highest BCUT2D eigenvalue weighted by Gasteiger charge is 2.09. The second-order valence-corrected chi connectivity index (χ2v) is 2.40.